The molecule has 2 aromatic heterocycles. The highest BCUT2D eigenvalue weighted by Gasteiger charge is 2.24. The maximum absolute atomic E-state index is 13.3. The monoisotopic (exact) mass is 503 g/mol. The molecular weight excluding hydrogens is 470 g/mol. The highest BCUT2D eigenvalue weighted by molar-refractivity contribution is 7.93. The summed E-state index contributed by atoms with van der Waals surface area (Å²) < 4.78 is 29.1. The second kappa shape index (κ2) is 11.2. The second-order valence-electron chi connectivity index (χ2n) is 9.02. The van der Waals surface area contributed by atoms with Crippen molar-refractivity contribution in [3.8, 4) is 11.1 Å². The number of hydrogen-bond donors (Lipinski definition) is 2. The SMILES string of the molecule is Cc1cc(Cn2ccnc2C)ccc1-c1cc(CC(C)C)sc1S(=O)(=O)CCCCNC(=O)O. The number of thiophene rings is 1. The first kappa shape index (κ1) is 26.0. The van der Waals surface area contributed by atoms with Gasteiger partial charge < -0.3 is 15.0 Å². The number of carboxylic acid groups (broad SMARTS) is 1. The van der Waals surface area contributed by atoms with E-state index in [1.165, 1.54) is 11.3 Å². The van der Waals surface area contributed by atoms with Crippen LogP contribution in [0.1, 0.15) is 48.5 Å². The molecule has 3 rings (SSSR count). The second-order valence-corrected chi connectivity index (χ2v) is 12.5. The maximum atomic E-state index is 13.3. The van der Waals surface area contributed by atoms with E-state index in [1.807, 2.05) is 32.2 Å². The number of amides is 1. The number of aromatic nitrogens is 2. The normalized spacial score (nSPS) is 11.8. The zero-order valence-corrected chi connectivity index (χ0v) is 21.8. The molecule has 2 heterocycles. The van der Waals surface area contributed by atoms with Gasteiger partial charge in [-0.05, 0) is 61.8 Å². The van der Waals surface area contributed by atoms with Gasteiger partial charge >= 0.3 is 6.09 Å². The predicted octanol–water partition coefficient (Wildman–Crippen LogP) is 5.30. The lowest BCUT2D eigenvalue weighted by Gasteiger charge is -2.11. The Labute approximate surface area is 205 Å². The van der Waals surface area contributed by atoms with E-state index in [9.17, 15) is 13.2 Å². The molecule has 0 fully saturated rings. The minimum Gasteiger partial charge on any atom is -0.465 e. The number of nitrogens with zero attached hydrogens (tertiary/aromatic N) is 2. The molecule has 0 aliphatic rings. The van der Waals surface area contributed by atoms with Gasteiger partial charge in [0.1, 0.15) is 10.0 Å². The lowest BCUT2D eigenvalue weighted by Crippen LogP contribution is -2.22. The summed E-state index contributed by atoms with van der Waals surface area (Å²) in [6.07, 6.45) is 4.35. The van der Waals surface area contributed by atoms with Gasteiger partial charge in [0, 0.05) is 35.9 Å². The van der Waals surface area contributed by atoms with E-state index in [-0.39, 0.29) is 12.3 Å². The van der Waals surface area contributed by atoms with Crippen molar-refractivity contribution in [3.63, 3.8) is 0 Å². The van der Waals surface area contributed by atoms with Crippen LogP contribution in [0, 0.1) is 19.8 Å². The fourth-order valence-corrected chi connectivity index (χ4v) is 7.41. The van der Waals surface area contributed by atoms with Gasteiger partial charge in [-0.15, -0.1) is 11.3 Å². The molecule has 0 atom stereocenters. The van der Waals surface area contributed by atoms with Gasteiger partial charge in [-0.3, -0.25) is 0 Å². The molecule has 0 radical (unpaired) electrons. The van der Waals surface area contributed by atoms with Crippen LogP contribution in [0.15, 0.2) is 40.9 Å². The fraction of sp³-hybridized carbons (Fsp3) is 0.440. The molecule has 0 aliphatic carbocycles. The standard InChI is InChI=1S/C25H33N3O4S2/c1-17(2)13-21-15-23(24(33-21)34(31,32)12-6-5-9-27-25(29)30)22-8-7-20(14-18(22)3)16-28-11-10-26-19(28)4/h7-8,10-11,14-15,17,27H,5-6,9,12-13,16H2,1-4H3,(H,29,30). The molecule has 1 amide bonds. The molecule has 0 saturated carbocycles. The van der Waals surface area contributed by atoms with Gasteiger partial charge in [0.2, 0.25) is 0 Å². The summed E-state index contributed by atoms with van der Waals surface area (Å²) in [5, 5.41) is 11.0. The molecule has 1 aromatic carbocycles. The van der Waals surface area contributed by atoms with Crippen molar-refractivity contribution >= 4 is 27.3 Å². The van der Waals surface area contributed by atoms with Crippen molar-refractivity contribution in [2.75, 3.05) is 12.3 Å². The number of sulfone groups is 1. The Morgan fingerprint density at radius 1 is 1.18 bits per heavy atom. The number of carbonyl (C=O) groups is 1. The first-order valence-corrected chi connectivity index (χ1v) is 13.9. The van der Waals surface area contributed by atoms with Crippen molar-refractivity contribution < 1.29 is 18.3 Å². The Bertz CT molecular complexity index is 1240. The molecule has 0 saturated heterocycles. The fourth-order valence-electron chi connectivity index (χ4n) is 3.94. The van der Waals surface area contributed by atoms with Crippen LogP contribution in [0.4, 0.5) is 4.79 Å². The third-order valence-electron chi connectivity index (χ3n) is 5.61. The summed E-state index contributed by atoms with van der Waals surface area (Å²) in [5.41, 5.74) is 3.87. The summed E-state index contributed by atoms with van der Waals surface area (Å²) >= 11 is 1.37. The number of hydrogen-bond acceptors (Lipinski definition) is 5. The van der Waals surface area contributed by atoms with Gasteiger partial charge in [0.05, 0.1) is 5.75 Å². The van der Waals surface area contributed by atoms with Crippen LogP contribution in [0.25, 0.3) is 11.1 Å². The molecule has 184 valence electrons. The Morgan fingerprint density at radius 3 is 2.56 bits per heavy atom. The molecule has 0 bridgehead atoms. The quantitative estimate of drug-likeness (QED) is 0.346. The minimum atomic E-state index is -3.50. The van der Waals surface area contributed by atoms with E-state index < -0.39 is 15.9 Å². The summed E-state index contributed by atoms with van der Waals surface area (Å²) in [7, 11) is -3.50. The van der Waals surface area contributed by atoms with E-state index in [0.717, 1.165) is 39.4 Å². The van der Waals surface area contributed by atoms with Crippen molar-refractivity contribution in [1.29, 1.82) is 0 Å². The smallest absolute Gasteiger partial charge is 0.404 e. The van der Waals surface area contributed by atoms with Gasteiger partial charge in [-0.2, -0.15) is 0 Å². The summed E-state index contributed by atoms with van der Waals surface area (Å²) in [5.74, 6) is 1.37. The molecule has 0 spiro atoms. The zero-order valence-electron chi connectivity index (χ0n) is 20.2. The maximum Gasteiger partial charge on any atom is 0.404 e. The third kappa shape index (κ3) is 6.70. The molecule has 34 heavy (non-hydrogen) atoms. The van der Waals surface area contributed by atoms with Gasteiger partial charge in [0.25, 0.3) is 0 Å². The Morgan fingerprint density at radius 2 is 1.94 bits per heavy atom. The Hall–Kier alpha value is -2.65. The van der Waals surface area contributed by atoms with Crippen LogP contribution in [0.3, 0.4) is 0 Å². The van der Waals surface area contributed by atoms with E-state index in [4.69, 9.17) is 5.11 Å². The first-order chi connectivity index (χ1) is 16.1. The Kier molecular flexibility index (Phi) is 8.54. The van der Waals surface area contributed by atoms with E-state index in [1.54, 1.807) is 6.20 Å². The number of unbranched alkanes of at least 4 members (excludes halogenated alkanes) is 1. The minimum absolute atomic E-state index is 0.0000313. The molecule has 7 nitrogen and oxygen atoms in total. The predicted molar refractivity (Wildman–Crippen MR) is 136 cm³/mol. The molecular formula is C25H33N3O4S2. The van der Waals surface area contributed by atoms with Crippen LogP contribution < -0.4 is 5.32 Å². The molecule has 0 aliphatic heterocycles. The summed E-state index contributed by atoms with van der Waals surface area (Å²) in [4.78, 5) is 15.9. The third-order valence-corrected chi connectivity index (χ3v) is 9.19. The molecule has 0 unspecified atom stereocenters. The largest absolute Gasteiger partial charge is 0.465 e. The molecule has 3 aromatic rings. The highest BCUT2D eigenvalue weighted by atomic mass is 32.2. The van der Waals surface area contributed by atoms with Crippen molar-refractivity contribution in [2.24, 2.45) is 5.92 Å². The van der Waals surface area contributed by atoms with E-state index in [2.05, 4.69) is 40.8 Å². The van der Waals surface area contributed by atoms with Gasteiger partial charge in [-0.1, -0.05) is 32.0 Å². The molecule has 2 N–H and O–H groups in total. The molecule has 9 heteroatoms. The number of rotatable bonds is 11. The average molecular weight is 504 g/mol. The van der Waals surface area contributed by atoms with Gasteiger partial charge in [-0.25, -0.2) is 18.2 Å². The number of aryl methyl sites for hydroxylation is 2. The van der Waals surface area contributed by atoms with Crippen molar-refractivity contribution in [1.82, 2.24) is 14.9 Å². The van der Waals surface area contributed by atoms with Crippen molar-refractivity contribution in [3.05, 3.63) is 58.5 Å². The van der Waals surface area contributed by atoms with Crippen LogP contribution >= 0.6 is 11.3 Å². The zero-order chi connectivity index (χ0) is 24.9. The lowest BCUT2D eigenvalue weighted by atomic mass is 9.99. The van der Waals surface area contributed by atoms with Crippen LogP contribution in [0.5, 0.6) is 0 Å². The van der Waals surface area contributed by atoms with E-state index >= 15 is 0 Å². The number of imidazole rings is 1. The summed E-state index contributed by atoms with van der Waals surface area (Å²) in [6.45, 7) is 9.20. The summed E-state index contributed by atoms with van der Waals surface area (Å²) in [6, 6.07) is 8.22. The number of benzene rings is 1. The lowest BCUT2D eigenvalue weighted by molar-refractivity contribution is 0.194. The Balaban J connectivity index is 1.88. The topological polar surface area (TPSA) is 101 Å². The van der Waals surface area contributed by atoms with Crippen LogP contribution in [-0.4, -0.2) is 41.5 Å². The van der Waals surface area contributed by atoms with E-state index in [0.29, 0.717) is 29.5 Å². The van der Waals surface area contributed by atoms with Crippen molar-refractivity contribution in [2.45, 2.75) is 57.7 Å². The van der Waals surface area contributed by atoms with Gasteiger partial charge in [0.15, 0.2) is 9.84 Å². The highest BCUT2D eigenvalue weighted by Crippen LogP contribution is 2.38. The van der Waals surface area contributed by atoms with Crippen LogP contribution in [0.2, 0.25) is 0 Å². The number of nitrogens with one attached hydrogen (secondary N) is 1. The average Bonchev–Trinajstić information content (AvgIpc) is 3.34. The van der Waals surface area contributed by atoms with Crippen LogP contribution in [-0.2, 0) is 22.8 Å². The first-order valence-electron chi connectivity index (χ1n) is 11.5.